The maximum atomic E-state index is 4.92. The number of hydrogen-bond donors (Lipinski definition) is 0. The van der Waals surface area contributed by atoms with Crippen molar-refractivity contribution in [1.29, 1.82) is 0 Å². The van der Waals surface area contributed by atoms with Gasteiger partial charge in [-0.05, 0) is 74.5 Å². The molecule has 0 amide bonds. The predicted octanol–water partition coefficient (Wildman–Crippen LogP) is 4.36. The van der Waals surface area contributed by atoms with Gasteiger partial charge >= 0.3 is 0 Å². The van der Waals surface area contributed by atoms with Gasteiger partial charge < -0.3 is 0 Å². The Hall–Kier alpha value is -2.46. The van der Waals surface area contributed by atoms with E-state index in [1.54, 1.807) is 0 Å². The Kier molecular flexibility index (Phi) is 5.08. The number of aryl methyl sites for hydroxylation is 3. The molecule has 4 nitrogen and oxygen atoms in total. The van der Waals surface area contributed by atoms with E-state index in [4.69, 9.17) is 4.98 Å². The second-order valence-electron chi connectivity index (χ2n) is 7.72. The second-order valence-corrected chi connectivity index (χ2v) is 7.72. The van der Waals surface area contributed by atoms with Gasteiger partial charge in [-0.25, -0.2) is 0 Å². The van der Waals surface area contributed by atoms with Gasteiger partial charge in [0.1, 0.15) is 0 Å². The summed E-state index contributed by atoms with van der Waals surface area (Å²) in [6.07, 6.45) is 5.26. The van der Waals surface area contributed by atoms with E-state index in [1.807, 2.05) is 17.9 Å². The van der Waals surface area contributed by atoms with Crippen LogP contribution in [0, 0.1) is 13.8 Å². The van der Waals surface area contributed by atoms with Gasteiger partial charge in [-0.3, -0.25) is 14.6 Å². The molecule has 3 heterocycles. The van der Waals surface area contributed by atoms with E-state index in [0.29, 0.717) is 6.04 Å². The van der Waals surface area contributed by atoms with E-state index in [-0.39, 0.29) is 0 Å². The molecular weight excluding hydrogens is 332 g/mol. The van der Waals surface area contributed by atoms with Crippen LogP contribution in [0.5, 0.6) is 0 Å². The number of hydrogen-bond acceptors (Lipinski definition) is 3. The van der Waals surface area contributed by atoms with Crippen LogP contribution in [-0.4, -0.2) is 26.2 Å². The van der Waals surface area contributed by atoms with E-state index in [2.05, 4.69) is 66.3 Å². The molecule has 0 aliphatic carbocycles. The molecule has 27 heavy (non-hydrogen) atoms. The Morgan fingerprint density at radius 1 is 1.11 bits per heavy atom. The zero-order chi connectivity index (χ0) is 18.8. The molecule has 1 fully saturated rings. The molecule has 140 valence electrons. The molecule has 0 spiro atoms. The number of nitrogens with zero attached hydrogens (tertiary/aromatic N) is 4. The van der Waals surface area contributed by atoms with Gasteiger partial charge in [-0.2, -0.15) is 5.10 Å². The van der Waals surface area contributed by atoms with Crippen molar-refractivity contribution < 1.29 is 0 Å². The van der Waals surface area contributed by atoms with Crippen LogP contribution in [0.1, 0.15) is 52.7 Å². The van der Waals surface area contributed by atoms with Crippen LogP contribution < -0.4 is 0 Å². The highest BCUT2D eigenvalue weighted by atomic mass is 15.3. The molecule has 1 atom stereocenters. The molecule has 1 aliphatic heterocycles. The number of likely N-dealkylation sites (tertiary alicyclic amines) is 1. The van der Waals surface area contributed by atoms with Crippen molar-refractivity contribution in [3.05, 3.63) is 82.4 Å². The third kappa shape index (κ3) is 3.96. The average molecular weight is 361 g/mol. The van der Waals surface area contributed by atoms with E-state index in [1.165, 1.54) is 40.9 Å². The molecule has 3 aromatic rings. The summed E-state index contributed by atoms with van der Waals surface area (Å²) >= 11 is 0. The molecule has 0 unspecified atom stereocenters. The van der Waals surface area contributed by atoms with Crippen molar-refractivity contribution in [3.8, 4) is 0 Å². The normalized spacial score (nSPS) is 17.5. The average Bonchev–Trinajstić information content (AvgIpc) is 3.26. The standard InChI is InChI=1S/C23H28N4/c1-17-7-4-5-8-20(17)14-19-13-18(2)25-22(15-19)23-9-6-12-27(23)16-21-10-11-24-26(21)3/h4-5,7-8,10-11,13,15,23H,6,9,12,14,16H2,1-3H3/t23-/m1/s1. The van der Waals surface area contributed by atoms with Crippen molar-refractivity contribution >= 4 is 0 Å². The molecular formula is C23H28N4. The van der Waals surface area contributed by atoms with Crippen molar-refractivity contribution in [2.45, 2.75) is 45.7 Å². The minimum atomic E-state index is 0.399. The molecule has 1 saturated heterocycles. The highest BCUT2D eigenvalue weighted by Gasteiger charge is 2.28. The lowest BCUT2D eigenvalue weighted by Gasteiger charge is -2.24. The first-order chi connectivity index (χ1) is 13.1. The van der Waals surface area contributed by atoms with Gasteiger partial charge in [0.05, 0.1) is 17.4 Å². The summed E-state index contributed by atoms with van der Waals surface area (Å²) in [4.78, 5) is 7.47. The molecule has 0 bridgehead atoms. The first kappa shape index (κ1) is 17.9. The molecule has 1 aromatic carbocycles. The minimum Gasteiger partial charge on any atom is -0.289 e. The highest BCUT2D eigenvalue weighted by molar-refractivity contribution is 5.34. The Balaban J connectivity index is 1.58. The van der Waals surface area contributed by atoms with Gasteiger partial charge in [-0.15, -0.1) is 0 Å². The summed E-state index contributed by atoms with van der Waals surface area (Å²) < 4.78 is 1.97. The molecule has 0 N–H and O–H groups in total. The smallest absolute Gasteiger partial charge is 0.0581 e. The second kappa shape index (κ2) is 7.65. The van der Waals surface area contributed by atoms with Crippen molar-refractivity contribution in [2.75, 3.05) is 6.54 Å². The molecule has 1 aliphatic rings. The van der Waals surface area contributed by atoms with Gasteiger partial charge in [0.2, 0.25) is 0 Å². The number of pyridine rings is 1. The number of benzene rings is 1. The lowest BCUT2D eigenvalue weighted by molar-refractivity contribution is 0.238. The summed E-state index contributed by atoms with van der Waals surface area (Å²) in [6, 6.07) is 15.7. The fraction of sp³-hybridized carbons (Fsp3) is 0.391. The molecule has 0 radical (unpaired) electrons. The van der Waals surface area contributed by atoms with Crippen LogP contribution in [0.15, 0.2) is 48.7 Å². The fourth-order valence-corrected chi connectivity index (χ4v) is 4.18. The monoisotopic (exact) mass is 360 g/mol. The molecule has 0 saturated carbocycles. The summed E-state index contributed by atoms with van der Waals surface area (Å²) in [5, 5.41) is 4.31. The zero-order valence-corrected chi connectivity index (χ0v) is 16.5. The zero-order valence-electron chi connectivity index (χ0n) is 16.5. The van der Waals surface area contributed by atoms with Gasteiger partial charge in [0, 0.05) is 25.5 Å². The Labute approximate surface area is 161 Å². The Morgan fingerprint density at radius 2 is 1.96 bits per heavy atom. The van der Waals surface area contributed by atoms with Crippen LogP contribution in [0.2, 0.25) is 0 Å². The van der Waals surface area contributed by atoms with Crippen molar-refractivity contribution in [1.82, 2.24) is 19.7 Å². The summed E-state index contributed by atoms with van der Waals surface area (Å²) in [5.41, 5.74) is 7.70. The predicted molar refractivity (Wildman–Crippen MR) is 109 cm³/mol. The Bertz CT molecular complexity index is 928. The van der Waals surface area contributed by atoms with Crippen molar-refractivity contribution in [2.24, 2.45) is 7.05 Å². The minimum absolute atomic E-state index is 0.399. The molecule has 4 heteroatoms. The van der Waals surface area contributed by atoms with Crippen LogP contribution in [0.3, 0.4) is 0 Å². The number of rotatable bonds is 5. The summed E-state index contributed by atoms with van der Waals surface area (Å²) in [5.74, 6) is 0. The van der Waals surface area contributed by atoms with E-state index in [0.717, 1.165) is 25.2 Å². The topological polar surface area (TPSA) is 34.0 Å². The summed E-state index contributed by atoms with van der Waals surface area (Å²) in [7, 11) is 2.02. The van der Waals surface area contributed by atoms with Crippen LogP contribution in [0.25, 0.3) is 0 Å². The van der Waals surface area contributed by atoms with Crippen molar-refractivity contribution in [3.63, 3.8) is 0 Å². The maximum absolute atomic E-state index is 4.92. The first-order valence-corrected chi connectivity index (χ1v) is 9.83. The van der Waals surface area contributed by atoms with Gasteiger partial charge in [0.25, 0.3) is 0 Å². The van der Waals surface area contributed by atoms with Crippen LogP contribution >= 0.6 is 0 Å². The van der Waals surface area contributed by atoms with Gasteiger partial charge in [-0.1, -0.05) is 24.3 Å². The number of aromatic nitrogens is 3. The lowest BCUT2D eigenvalue weighted by atomic mass is 9.98. The van der Waals surface area contributed by atoms with E-state index in [9.17, 15) is 0 Å². The van der Waals surface area contributed by atoms with Crippen LogP contribution in [-0.2, 0) is 20.0 Å². The SMILES string of the molecule is Cc1cc(Cc2ccccc2C)cc([C@H]2CCCN2Cc2ccnn2C)n1. The van der Waals surface area contributed by atoms with Crippen LogP contribution in [0.4, 0.5) is 0 Å². The maximum Gasteiger partial charge on any atom is 0.0581 e. The third-order valence-electron chi connectivity index (χ3n) is 5.68. The molecule has 2 aromatic heterocycles. The lowest BCUT2D eigenvalue weighted by Crippen LogP contribution is -2.25. The third-order valence-corrected chi connectivity index (χ3v) is 5.68. The highest BCUT2D eigenvalue weighted by Crippen LogP contribution is 2.33. The first-order valence-electron chi connectivity index (χ1n) is 9.83. The largest absolute Gasteiger partial charge is 0.289 e. The molecule has 4 rings (SSSR count). The fourth-order valence-electron chi connectivity index (χ4n) is 4.18. The quantitative estimate of drug-likeness (QED) is 0.678. The van der Waals surface area contributed by atoms with E-state index >= 15 is 0 Å². The van der Waals surface area contributed by atoms with Gasteiger partial charge in [0.15, 0.2) is 0 Å². The Morgan fingerprint density at radius 3 is 2.74 bits per heavy atom. The summed E-state index contributed by atoms with van der Waals surface area (Å²) in [6.45, 7) is 6.37. The van der Waals surface area contributed by atoms with E-state index < -0.39 is 0 Å².